The zero-order chi connectivity index (χ0) is 6.53. The first-order valence-corrected chi connectivity index (χ1v) is 3.67. The van der Waals surface area contributed by atoms with Crippen LogP contribution in [0.4, 0.5) is 0 Å². The number of rotatable bonds is 1. The van der Waals surface area contributed by atoms with Gasteiger partial charge in [0.15, 0.2) is 0 Å². The minimum Gasteiger partial charge on any atom is -0.380 e. The standard InChI is InChI=1S/C7H15NO/c1-9-7-4-2-3-5-8-6-7/h7-8H,2-6H2,1H3/t7-/m0/s1. The van der Waals surface area contributed by atoms with Gasteiger partial charge in [0.1, 0.15) is 0 Å². The van der Waals surface area contributed by atoms with Crippen molar-refractivity contribution in [3.63, 3.8) is 0 Å². The van der Waals surface area contributed by atoms with Crippen molar-refractivity contribution >= 4 is 0 Å². The second-order valence-electron chi connectivity index (χ2n) is 2.56. The summed E-state index contributed by atoms with van der Waals surface area (Å²) in [5, 5.41) is 3.32. The Morgan fingerprint density at radius 2 is 2.33 bits per heavy atom. The van der Waals surface area contributed by atoms with Crippen molar-refractivity contribution < 1.29 is 4.74 Å². The van der Waals surface area contributed by atoms with E-state index in [2.05, 4.69) is 5.32 Å². The maximum absolute atomic E-state index is 5.21. The predicted molar refractivity (Wildman–Crippen MR) is 37.5 cm³/mol. The van der Waals surface area contributed by atoms with Crippen molar-refractivity contribution in [3.8, 4) is 0 Å². The summed E-state index contributed by atoms with van der Waals surface area (Å²) < 4.78 is 5.21. The number of nitrogens with one attached hydrogen (secondary N) is 1. The SMILES string of the molecule is CO[C@H]1CCCCNC1. The molecule has 1 heterocycles. The van der Waals surface area contributed by atoms with Gasteiger partial charge in [-0.15, -0.1) is 0 Å². The zero-order valence-electron chi connectivity index (χ0n) is 6.02. The molecule has 0 aromatic carbocycles. The molecule has 0 unspecified atom stereocenters. The van der Waals surface area contributed by atoms with Crippen LogP contribution in [0.25, 0.3) is 0 Å². The first-order valence-electron chi connectivity index (χ1n) is 3.67. The van der Waals surface area contributed by atoms with Crippen molar-refractivity contribution in [2.24, 2.45) is 0 Å². The van der Waals surface area contributed by atoms with Gasteiger partial charge >= 0.3 is 0 Å². The summed E-state index contributed by atoms with van der Waals surface area (Å²) in [7, 11) is 1.79. The third-order valence-electron chi connectivity index (χ3n) is 1.83. The van der Waals surface area contributed by atoms with Crippen LogP contribution in [0.3, 0.4) is 0 Å². The van der Waals surface area contributed by atoms with E-state index in [1.807, 2.05) is 0 Å². The molecule has 1 aliphatic heterocycles. The smallest absolute Gasteiger partial charge is 0.0695 e. The second kappa shape index (κ2) is 3.85. The zero-order valence-corrected chi connectivity index (χ0v) is 6.02. The van der Waals surface area contributed by atoms with E-state index < -0.39 is 0 Å². The van der Waals surface area contributed by atoms with Crippen LogP contribution in [0.2, 0.25) is 0 Å². The molecule has 2 nitrogen and oxygen atoms in total. The van der Waals surface area contributed by atoms with E-state index in [0.717, 1.165) is 6.54 Å². The molecule has 1 atom stereocenters. The van der Waals surface area contributed by atoms with Crippen molar-refractivity contribution in [3.05, 3.63) is 0 Å². The van der Waals surface area contributed by atoms with Gasteiger partial charge in [-0.05, 0) is 25.8 Å². The molecular formula is C7H15NO. The van der Waals surface area contributed by atoms with Crippen LogP contribution in [0.15, 0.2) is 0 Å². The molecule has 1 aliphatic rings. The number of ether oxygens (including phenoxy) is 1. The third kappa shape index (κ3) is 2.33. The highest BCUT2D eigenvalue weighted by Gasteiger charge is 2.08. The van der Waals surface area contributed by atoms with Crippen LogP contribution in [-0.2, 0) is 4.74 Å². The molecule has 1 saturated heterocycles. The highest BCUT2D eigenvalue weighted by Crippen LogP contribution is 2.05. The lowest BCUT2D eigenvalue weighted by Crippen LogP contribution is -2.25. The highest BCUT2D eigenvalue weighted by atomic mass is 16.5. The van der Waals surface area contributed by atoms with Crippen molar-refractivity contribution in [2.45, 2.75) is 25.4 Å². The van der Waals surface area contributed by atoms with Gasteiger partial charge in [-0.2, -0.15) is 0 Å². The summed E-state index contributed by atoms with van der Waals surface area (Å²) in [5.74, 6) is 0. The molecule has 0 spiro atoms. The van der Waals surface area contributed by atoms with Gasteiger partial charge in [0.2, 0.25) is 0 Å². The molecule has 0 amide bonds. The summed E-state index contributed by atoms with van der Waals surface area (Å²) in [5.41, 5.74) is 0. The van der Waals surface area contributed by atoms with E-state index >= 15 is 0 Å². The molecule has 1 rings (SSSR count). The number of hydrogen-bond donors (Lipinski definition) is 1. The number of hydrogen-bond acceptors (Lipinski definition) is 2. The average Bonchev–Trinajstić information content (AvgIpc) is 2.13. The molecule has 0 aliphatic carbocycles. The van der Waals surface area contributed by atoms with Gasteiger partial charge in [0.25, 0.3) is 0 Å². The molecule has 0 aromatic rings. The molecule has 2 heteroatoms. The van der Waals surface area contributed by atoms with Crippen LogP contribution >= 0.6 is 0 Å². The molecular weight excluding hydrogens is 114 g/mol. The topological polar surface area (TPSA) is 21.3 Å². The molecule has 1 fully saturated rings. The average molecular weight is 129 g/mol. The Labute approximate surface area is 56.6 Å². The minimum atomic E-state index is 0.465. The van der Waals surface area contributed by atoms with Gasteiger partial charge in [-0.25, -0.2) is 0 Å². The van der Waals surface area contributed by atoms with E-state index in [0.29, 0.717) is 6.10 Å². The Morgan fingerprint density at radius 1 is 1.44 bits per heavy atom. The van der Waals surface area contributed by atoms with E-state index in [1.165, 1.54) is 25.8 Å². The van der Waals surface area contributed by atoms with E-state index in [1.54, 1.807) is 7.11 Å². The monoisotopic (exact) mass is 129 g/mol. The summed E-state index contributed by atoms with van der Waals surface area (Å²) in [6, 6.07) is 0. The predicted octanol–water partition coefficient (Wildman–Crippen LogP) is 0.775. The first-order chi connectivity index (χ1) is 4.43. The Balaban J connectivity index is 2.18. The fourth-order valence-corrected chi connectivity index (χ4v) is 1.19. The van der Waals surface area contributed by atoms with Crippen molar-refractivity contribution in [2.75, 3.05) is 20.2 Å². The molecule has 1 N–H and O–H groups in total. The third-order valence-corrected chi connectivity index (χ3v) is 1.83. The molecule has 9 heavy (non-hydrogen) atoms. The second-order valence-corrected chi connectivity index (χ2v) is 2.56. The van der Waals surface area contributed by atoms with Gasteiger partial charge in [0, 0.05) is 13.7 Å². The fraction of sp³-hybridized carbons (Fsp3) is 1.00. The maximum Gasteiger partial charge on any atom is 0.0695 e. The summed E-state index contributed by atoms with van der Waals surface area (Å²) in [6.07, 6.45) is 4.31. The minimum absolute atomic E-state index is 0.465. The lowest BCUT2D eigenvalue weighted by molar-refractivity contribution is 0.0989. The van der Waals surface area contributed by atoms with Gasteiger partial charge in [-0.3, -0.25) is 0 Å². The molecule has 0 radical (unpaired) electrons. The Kier molecular flexibility index (Phi) is 3.01. The van der Waals surface area contributed by atoms with Gasteiger partial charge < -0.3 is 10.1 Å². The van der Waals surface area contributed by atoms with Crippen LogP contribution in [0, 0.1) is 0 Å². The van der Waals surface area contributed by atoms with Crippen molar-refractivity contribution in [1.82, 2.24) is 5.32 Å². The first kappa shape index (κ1) is 7.03. The van der Waals surface area contributed by atoms with Gasteiger partial charge in [-0.1, -0.05) is 0 Å². The summed E-state index contributed by atoms with van der Waals surface area (Å²) >= 11 is 0. The molecule has 54 valence electrons. The lowest BCUT2D eigenvalue weighted by atomic mass is 10.2. The normalized spacial score (nSPS) is 29.7. The van der Waals surface area contributed by atoms with Crippen LogP contribution in [0.5, 0.6) is 0 Å². The summed E-state index contributed by atoms with van der Waals surface area (Å²) in [4.78, 5) is 0. The lowest BCUT2D eigenvalue weighted by Gasteiger charge is -2.10. The molecule has 0 bridgehead atoms. The largest absolute Gasteiger partial charge is 0.380 e. The Bertz CT molecular complexity index is 67.3. The van der Waals surface area contributed by atoms with E-state index in [-0.39, 0.29) is 0 Å². The molecule has 0 saturated carbocycles. The van der Waals surface area contributed by atoms with Crippen LogP contribution in [-0.4, -0.2) is 26.3 Å². The van der Waals surface area contributed by atoms with Crippen molar-refractivity contribution in [1.29, 1.82) is 0 Å². The van der Waals surface area contributed by atoms with Crippen LogP contribution in [0.1, 0.15) is 19.3 Å². The van der Waals surface area contributed by atoms with E-state index in [4.69, 9.17) is 4.74 Å². The summed E-state index contributed by atoms with van der Waals surface area (Å²) in [6.45, 7) is 2.20. The molecule has 0 aromatic heterocycles. The highest BCUT2D eigenvalue weighted by molar-refractivity contribution is 4.65. The van der Waals surface area contributed by atoms with Crippen LogP contribution < -0.4 is 5.32 Å². The quantitative estimate of drug-likeness (QED) is 0.564. The van der Waals surface area contributed by atoms with E-state index in [9.17, 15) is 0 Å². The fourth-order valence-electron chi connectivity index (χ4n) is 1.19. The Hall–Kier alpha value is -0.0800. The number of methoxy groups -OCH3 is 1. The van der Waals surface area contributed by atoms with Gasteiger partial charge in [0.05, 0.1) is 6.10 Å². The maximum atomic E-state index is 5.21. The Morgan fingerprint density at radius 3 is 3.11 bits per heavy atom.